The number of hydrogen-bond donors (Lipinski definition) is 2. The highest BCUT2D eigenvalue weighted by atomic mass is 16.4. The maximum atomic E-state index is 12.0. The topological polar surface area (TPSA) is 69.6 Å². The van der Waals surface area contributed by atoms with E-state index in [1.165, 1.54) is 6.42 Å². The minimum absolute atomic E-state index is 0.152. The number of likely N-dealkylation sites (tertiary alicyclic amines) is 1. The first-order valence-electron chi connectivity index (χ1n) is 7.88. The van der Waals surface area contributed by atoms with Gasteiger partial charge in [-0.3, -0.25) is 9.59 Å². The van der Waals surface area contributed by atoms with Gasteiger partial charge in [0.15, 0.2) is 0 Å². The van der Waals surface area contributed by atoms with Crippen molar-refractivity contribution in [3.8, 4) is 0 Å². The highest BCUT2D eigenvalue weighted by Gasteiger charge is 2.25. The Hall–Kier alpha value is -1.10. The van der Waals surface area contributed by atoms with Crippen LogP contribution in [0.4, 0.5) is 0 Å². The van der Waals surface area contributed by atoms with Gasteiger partial charge in [0.05, 0.1) is 12.5 Å². The summed E-state index contributed by atoms with van der Waals surface area (Å²) in [6, 6.07) is 0. The molecule has 0 aromatic rings. The average molecular weight is 282 g/mol. The molecule has 1 saturated carbocycles. The second kappa shape index (κ2) is 7.62. The maximum Gasteiger partial charge on any atom is 0.306 e. The summed E-state index contributed by atoms with van der Waals surface area (Å²) in [6.07, 6.45) is 6.98. The van der Waals surface area contributed by atoms with Gasteiger partial charge in [-0.1, -0.05) is 0 Å². The summed E-state index contributed by atoms with van der Waals surface area (Å²) >= 11 is 0. The lowest BCUT2D eigenvalue weighted by molar-refractivity contribution is -0.143. The fourth-order valence-electron chi connectivity index (χ4n) is 3.25. The fraction of sp³-hybridized carbons (Fsp3) is 0.867. The zero-order chi connectivity index (χ0) is 14.4. The van der Waals surface area contributed by atoms with Crippen LogP contribution in [-0.2, 0) is 9.59 Å². The third kappa shape index (κ3) is 4.47. The van der Waals surface area contributed by atoms with Gasteiger partial charge >= 0.3 is 5.97 Å². The molecule has 0 spiro atoms. The zero-order valence-electron chi connectivity index (χ0n) is 12.1. The summed E-state index contributed by atoms with van der Waals surface area (Å²) in [6.45, 7) is 3.08. The molecule has 0 bridgehead atoms. The van der Waals surface area contributed by atoms with Crippen molar-refractivity contribution in [2.75, 3.05) is 26.2 Å². The van der Waals surface area contributed by atoms with E-state index in [1.807, 2.05) is 4.90 Å². The van der Waals surface area contributed by atoms with Crippen molar-refractivity contribution in [3.05, 3.63) is 0 Å². The third-order valence-electron chi connectivity index (χ3n) is 4.61. The minimum atomic E-state index is -0.656. The Balaban J connectivity index is 1.59. The molecule has 20 heavy (non-hydrogen) atoms. The number of amides is 1. The smallest absolute Gasteiger partial charge is 0.306 e. The highest BCUT2D eigenvalue weighted by Crippen LogP contribution is 2.28. The Morgan fingerprint density at radius 2 is 1.70 bits per heavy atom. The van der Waals surface area contributed by atoms with Crippen molar-refractivity contribution >= 4 is 11.9 Å². The van der Waals surface area contributed by atoms with Gasteiger partial charge in [-0.25, -0.2) is 0 Å². The number of nitrogens with zero attached hydrogens (tertiary/aromatic N) is 1. The lowest BCUT2D eigenvalue weighted by Gasteiger charge is -2.28. The van der Waals surface area contributed by atoms with Gasteiger partial charge < -0.3 is 15.3 Å². The number of nitrogens with one attached hydrogen (secondary N) is 1. The number of rotatable bonds is 5. The molecule has 2 rings (SSSR count). The van der Waals surface area contributed by atoms with Crippen LogP contribution in [0.3, 0.4) is 0 Å². The van der Waals surface area contributed by atoms with Crippen LogP contribution in [0, 0.1) is 11.8 Å². The van der Waals surface area contributed by atoms with Crippen molar-refractivity contribution < 1.29 is 14.7 Å². The van der Waals surface area contributed by atoms with Gasteiger partial charge in [-0.2, -0.15) is 0 Å². The molecule has 0 aromatic carbocycles. The summed E-state index contributed by atoms with van der Waals surface area (Å²) < 4.78 is 0. The van der Waals surface area contributed by atoms with Crippen LogP contribution in [0.25, 0.3) is 0 Å². The number of carbonyl (C=O) groups excluding carboxylic acids is 1. The first kappa shape index (κ1) is 15.3. The molecule has 0 atom stereocenters. The predicted octanol–water partition coefficient (Wildman–Crippen LogP) is 1.48. The molecule has 1 heterocycles. The first-order valence-corrected chi connectivity index (χ1v) is 7.88. The van der Waals surface area contributed by atoms with Crippen molar-refractivity contribution in [1.82, 2.24) is 10.2 Å². The van der Waals surface area contributed by atoms with E-state index in [-0.39, 0.29) is 11.8 Å². The van der Waals surface area contributed by atoms with Crippen molar-refractivity contribution in [2.45, 2.75) is 44.9 Å². The first-order chi connectivity index (χ1) is 9.66. The number of hydrogen-bond acceptors (Lipinski definition) is 3. The van der Waals surface area contributed by atoms with Crippen LogP contribution >= 0.6 is 0 Å². The molecule has 0 aromatic heterocycles. The number of aliphatic carboxylic acids is 1. The summed E-state index contributed by atoms with van der Waals surface area (Å²) in [5, 5.41) is 12.2. The largest absolute Gasteiger partial charge is 0.481 e. The van der Waals surface area contributed by atoms with Crippen molar-refractivity contribution in [2.24, 2.45) is 11.8 Å². The number of piperidine rings is 1. The number of carboxylic acid groups (broad SMARTS) is 1. The van der Waals surface area contributed by atoms with Gasteiger partial charge in [0.2, 0.25) is 5.91 Å². The standard InChI is InChI=1S/C15H26N2O3/c18-14(17-8-2-1-3-9-17)11-16-10-12-4-6-13(7-5-12)15(19)20/h12-13,16H,1-11H2,(H,19,20). The van der Waals surface area contributed by atoms with Crippen LogP contribution in [0.2, 0.25) is 0 Å². The lowest BCUT2D eigenvalue weighted by atomic mass is 9.82. The zero-order valence-corrected chi connectivity index (χ0v) is 12.1. The van der Waals surface area contributed by atoms with Gasteiger partial charge in [-0.15, -0.1) is 0 Å². The van der Waals surface area contributed by atoms with E-state index in [2.05, 4.69) is 5.32 Å². The van der Waals surface area contributed by atoms with E-state index >= 15 is 0 Å². The van der Waals surface area contributed by atoms with Gasteiger partial charge in [0, 0.05) is 13.1 Å². The Labute approximate surface area is 120 Å². The molecule has 0 unspecified atom stereocenters. The van der Waals surface area contributed by atoms with Gasteiger partial charge in [0.25, 0.3) is 0 Å². The number of carbonyl (C=O) groups is 2. The van der Waals surface area contributed by atoms with Gasteiger partial charge in [0.1, 0.15) is 0 Å². The summed E-state index contributed by atoms with van der Waals surface area (Å²) in [4.78, 5) is 24.8. The van der Waals surface area contributed by atoms with E-state index in [0.717, 1.165) is 58.2 Å². The highest BCUT2D eigenvalue weighted by molar-refractivity contribution is 5.78. The molecule has 5 heteroatoms. The van der Waals surface area contributed by atoms with Gasteiger partial charge in [-0.05, 0) is 57.4 Å². The Morgan fingerprint density at radius 1 is 1.05 bits per heavy atom. The van der Waals surface area contributed by atoms with Crippen molar-refractivity contribution in [3.63, 3.8) is 0 Å². The predicted molar refractivity (Wildman–Crippen MR) is 76.4 cm³/mol. The average Bonchev–Trinajstić information content (AvgIpc) is 2.48. The molecule has 2 N–H and O–H groups in total. The van der Waals surface area contributed by atoms with E-state index < -0.39 is 5.97 Å². The molecule has 114 valence electrons. The maximum absolute atomic E-state index is 12.0. The molecule has 2 aliphatic rings. The second-order valence-corrected chi connectivity index (χ2v) is 6.13. The third-order valence-corrected chi connectivity index (χ3v) is 4.61. The molecule has 1 amide bonds. The van der Waals surface area contributed by atoms with Crippen molar-refractivity contribution in [1.29, 1.82) is 0 Å². The Bertz CT molecular complexity index is 332. The normalized spacial score (nSPS) is 27.3. The molecular formula is C15H26N2O3. The lowest BCUT2D eigenvalue weighted by Crippen LogP contribution is -2.42. The summed E-state index contributed by atoms with van der Waals surface area (Å²) in [5.74, 6) is -0.0680. The molecule has 0 radical (unpaired) electrons. The summed E-state index contributed by atoms with van der Waals surface area (Å²) in [5.41, 5.74) is 0. The Kier molecular flexibility index (Phi) is 5.83. The van der Waals surface area contributed by atoms with Crippen LogP contribution in [0.15, 0.2) is 0 Å². The SMILES string of the molecule is O=C(O)C1CCC(CNCC(=O)N2CCCCC2)CC1. The Morgan fingerprint density at radius 3 is 2.30 bits per heavy atom. The van der Waals surface area contributed by atoms with E-state index in [9.17, 15) is 9.59 Å². The molecule has 1 saturated heterocycles. The van der Waals surface area contributed by atoms with E-state index in [0.29, 0.717) is 12.5 Å². The molecule has 5 nitrogen and oxygen atoms in total. The fourth-order valence-corrected chi connectivity index (χ4v) is 3.25. The summed E-state index contributed by atoms with van der Waals surface area (Å²) in [7, 11) is 0. The molecular weight excluding hydrogens is 256 g/mol. The van der Waals surface area contributed by atoms with Crippen LogP contribution < -0.4 is 5.32 Å². The number of carboxylic acids is 1. The van der Waals surface area contributed by atoms with E-state index in [4.69, 9.17) is 5.11 Å². The quantitative estimate of drug-likeness (QED) is 0.801. The molecule has 2 fully saturated rings. The second-order valence-electron chi connectivity index (χ2n) is 6.13. The molecule has 1 aliphatic carbocycles. The van der Waals surface area contributed by atoms with Crippen LogP contribution in [0.5, 0.6) is 0 Å². The minimum Gasteiger partial charge on any atom is -0.481 e. The van der Waals surface area contributed by atoms with E-state index in [1.54, 1.807) is 0 Å². The molecule has 1 aliphatic heterocycles. The van der Waals surface area contributed by atoms with Crippen LogP contribution in [0.1, 0.15) is 44.9 Å². The monoisotopic (exact) mass is 282 g/mol. The van der Waals surface area contributed by atoms with Crippen LogP contribution in [-0.4, -0.2) is 48.1 Å².